The summed E-state index contributed by atoms with van der Waals surface area (Å²) in [6.07, 6.45) is 0.732. The van der Waals surface area contributed by atoms with Gasteiger partial charge in [0.1, 0.15) is 0 Å². The van der Waals surface area contributed by atoms with Gasteiger partial charge < -0.3 is 24.2 Å². The molecule has 1 aromatic heterocycles. The van der Waals surface area contributed by atoms with Gasteiger partial charge in [0.05, 0.1) is 27.7 Å². The van der Waals surface area contributed by atoms with Gasteiger partial charge in [-0.3, -0.25) is 0 Å². The highest BCUT2D eigenvalue weighted by Crippen LogP contribution is 2.68. The Balaban J connectivity index is 0.729. The molecule has 0 bridgehead atoms. The molecule has 0 N–H and O–H groups in total. The fourth-order valence-electron chi connectivity index (χ4n) is 22.6. The highest BCUT2D eigenvalue weighted by molar-refractivity contribution is 7.03. The van der Waals surface area contributed by atoms with Crippen molar-refractivity contribution >= 4 is 136 Å². The van der Waals surface area contributed by atoms with Crippen LogP contribution in [-0.2, 0) is 28.1 Å². The van der Waals surface area contributed by atoms with Crippen LogP contribution in [0.25, 0.3) is 49.7 Å². The van der Waals surface area contributed by atoms with Crippen molar-refractivity contribution in [3.8, 4) is 27.9 Å². The van der Waals surface area contributed by atoms with E-state index in [0.717, 1.165) is 12.1 Å². The predicted molar refractivity (Wildman–Crippen MR) is 455 cm³/mol. The average molecular weight is 1390 g/mol. The van der Waals surface area contributed by atoms with E-state index in [-0.39, 0.29) is 24.3 Å². The van der Waals surface area contributed by atoms with Crippen LogP contribution in [0, 0.1) is 6.92 Å². The first-order chi connectivity index (χ1) is 53.3. The van der Waals surface area contributed by atoms with Gasteiger partial charge in [0.2, 0.25) is 0 Å². The van der Waals surface area contributed by atoms with Gasteiger partial charge in [-0.05, 0) is 236 Å². The highest BCUT2D eigenvalue weighted by atomic mass is 15.2. The number of hydrogen-bond donors (Lipinski definition) is 0. The first kappa shape index (κ1) is 60.5. The Morgan fingerprint density at radius 2 is 0.734 bits per heavy atom. The van der Waals surface area contributed by atoms with Gasteiger partial charge in [0.15, 0.2) is 0 Å². The van der Waals surface area contributed by atoms with Crippen molar-refractivity contribution in [1.82, 2.24) is 4.57 Å². The molecule has 7 aliphatic heterocycles. The molecule has 0 saturated carbocycles. The third-order valence-electron chi connectivity index (χ3n) is 26.8. The Bertz CT molecular complexity index is 6540. The monoisotopic (exact) mass is 1390 g/mol. The van der Waals surface area contributed by atoms with Gasteiger partial charge in [-0.2, -0.15) is 0 Å². The van der Waals surface area contributed by atoms with Crippen LogP contribution in [0.1, 0.15) is 114 Å². The van der Waals surface area contributed by atoms with E-state index in [2.05, 4.69) is 376 Å². The Hall–Kier alpha value is -12.6. The van der Waals surface area contributed by atoms with E-state index in [1.165, 1.54) is 217 Å². The summed E-state index contributed by atoms with van der Waals surface area (Å²) in [6.45, 7) is 16.2. The van der Waals surface area contributed by atoms with Gasteiger partial charge in [0.25, 0.3) is 13.4 Å². The second kappa shape index (κ2) is 20.6. The molecule has 7 heteroatoms. The number of anilines is 12. The fraction of sp³-hybridized carbons (Fsp3) is 0.118. The number of para-hydroxylation sites is 4. The molecule has 5 nitrogen and oxygen atoms in total. The third kappa shape index (κ3) is 7.32. The quantitative estimate of drug-likeness (QED) is 0.163. The molecule has 0 amide bonds. The second-order valence-corrected chi connectivity index (χ2v) is 34.2. The van der Waals surface area contributed by atoms with E-state index in [1.54, 1.807) is 0 Å². The van der Waals surface area contributed by atoms with E-state index in [9.17, 15) is 0 Å². The molecular formula is C102H73B2N5. The van der Waals surface area contributed by atoms with Gasteiger partial charge >= 0.3 is 0 Å². The Morgan fingerprint density at radius 1 is 0.294 bits per heavy atom. The van der Waals surface area contributed by atoms with Crippen LogP contribution in [0.4, 0.5) is 68.2 Å². The van der Waals surface area contributed by atoms with E-state index in [1.807, 2.05) is 0 Å². The number of hydrogen-bond acceptors (Lipinski definition) is 4. The van der Waals surface area contributed by atoms with Crippen LogP contribution < -0.4 is 52.4 Å². The maximum Gasteiger partial charge on any atom is 0.257 e. The summed E-state index contributed by atoms with van der Waals surface area (Å²) in [5.74, 6) is 0. The lowest BCUT2D eigenvalue weighted by Crippen LogP contribution is -2.66. The minimum atomic E-state index is -0.606. The molecule has 16 aromatic rings. The molecule has 0 fully saturated rings. The summed E-state index contributed by atoms with van der Waals surface area (Å²) >= 11 is 0. The molecule has 0 saturated heterocycles. The standard InChI is InChI=1S/C102H73B2N5/c1-59-53-88-93-89(54-59)109-84-38-21-18-34-77(84)102(74-31-15-10-25-68(74)69-26-11-16-32-75(69)102)79-49-52-87-95(98(79)109)104(93)94-86(51-48-78-97(94)108(88)83-37-20-17-33-76(83)101(78)72-29-13-8-23-66(72)67-24-9-14-30-73(67)101)106(87)64-44-39-60(40-45-64)55-61-56-90-92-91(57-61)107-82-36-19-12-27-70(82)71-28-22-35-80(96(71)107)103(92)81-58-63(100(5,6)7)43-50-85(81)105(90)65-46-41-62(42-47-65)99(2,3)4/h8-54,56-58H,55H2,1-7H3. The Morgan fingerprint density at radius 3 is 1.28 bits per heavy atom. The number of benzene rings is 15. The maximum atomic E-state index is 2.72. The largest absolute Gasteiger partial charge is 0.311 e. The SMILES string of the molecule is Cc1cc2c3c(c1)N1c4ccccc4C4(c5ccccc5-c5ccccc54)c4ccc5c(c41)B3c1c(ccc3c1N2c1ccccc1C31c2ccccc2-c2ccccc21)N5c1ccc(Cc2cc3c4c(c2)-n2c5ccccc5c5cccc(c52)B4c2cc(C(C)(C)C)ccc2N3c2ccc(C(C)(C)C)cc2)cc1. The fourth-order valence-corrected chi connectivity index (χ4v) is 22.6. The summed E-state index contributed by atoms with van der Waals surface area (Å²) in [6, 6.07) is 119. The molecule has 8 heterocycles. The van der Waals surface area contributed by atoms with Crippen molar-refractivity contribution in [2.45, 2.75) is 76.5 Å². The molecule has 512 valence electrons. The maximum absolute atomic E-state index is 2.72. The molecule has 9 aliphatic rings. The normalized spacial score (nSPS) is 15.4. The molecule has 0 unspecified atom stereocenters. The average Bonchev–Trinajstić information content (AvgIpc) is 1.54. The molecule has 0 atom stereocenters. The molecule has 2 aliphatic carbocycles. The number of fused-ring (bicyclic) bond motifs is 27. The number of aromatic nitrogens is 1. The van der Waals surface area contributed by atoms with Crippen molar-refractivity contribution in [2.75, 3.05) is 19.6 Å². The first-order valence-electron chi connectivity index (χ1n) is 39.1. The van der Waals surface area contributed by atoms with Crippen LogP contribution in [-0.4, -0.2) is 18.0 Å². The zero-order valence-corrected chi connectivity index (χ0v) is 62.0. The lowest BCUT2D eigenvalue weighted by molar-refractivity contribution is 0.590. The summed E-state index contributed by atoms with van der Waals surface area (Å²) in [7, 11) is 0. The van der Waals surface area contributed by atoms with Crippen molar-refractivity contribution in [3.63, 3.8) is 0 Å². The second-order valence-electron chi connectivity index (χ2n) is 34.2. The minimum absolute atomic E-state index is 0.00548. The Kier molecular flexibility index (Phi) is 11.4. The van der Waals surface area contributed by atoms with Crippen molar-refractivity contribution in [3.05, 3.63) is 376 Å². The topological polar surface area (TPSA) is 17.9 Å². The van der Waals surface area contributed by atoms with Crippen LogP contribution in [0.3, 0.4) is 0 Å². The third-order valence-corrected chi connectivity index (χ3v) is 26.8. The molecule has 2 spiro atoms. The summed E-state index contributed by atoms with van der Waals surface area (Å²) < 4.78 is 2.63. The van der Waals surface area contributed by atoms with Crippen molar-refractivity contribution in [2.24, 2.45) is 0 Å². The highest BCUT2D eigenvalue weighted by Gasteiger charge is 2.61. The van der Waals surface area contributed by atoms with Crippen LogP contribution in [0.15, 0.2) is 303 Å². The van der Waals surface area contributed by atoms with Gasteiger partial charge in [-0.1, -0.05) is 260 Å². The lowest BCUT2D eigenvalue weighted by Gasteiger charge is -2.55. The molecule has 109 heavy (non-hydrogen) atoms. The lowest BCUT2D eigenvalue weighted by atomic mass is 9.31. The number of rotatable bonds is 4. The number of aryl methyl sites for hydroxylation is 1. The smallest absolute Gasteiger partial charge is 0.257 e. The summed E-state index contributed by atoms with van der Waals surface area (Å²) in [5.41, 5.74) is 47.8. The van der Waals surface area contributed by atoms with Gasteiger partial charge in [0, 0.05) is 78.9 Å². The van der Waals surface area contributed by atoms with Crippen LogP contribution in [0.2, 0.25) is 0 Å². The van der Waals surface area contributed by atoms with Gasteiger partial charge in [-0.15, -0.1) is 0 Å². The van der Waals surface area contributed by atoms with Gasteiger partial charge in [-0.25, -0.2) is 0 Å². The zero-order valence-electron chi connectivity index (χ0n) is 62.0. The van der Waals surface area contributed by atoms with E-state index < -0.39 is 10.8 Å². The summed E-state index contributed by atoms with van der Waals surface area (Å²) in [4.78, 5) is 10.7. The van der Waals surface area contributed by atoms with Crippen LogP contribution in [0.5, 0.6) is 0 Å². The molecule has 0 radical (unpaired) electrons. The van der Waals surface area contributed by atoms with Crippen molar-refractivity contribution < 1.29 is 0 Å². The van der Waals surface area contributed by atoms with Crippen molar-refractivity contribution in [1.29, 1.82) is 0 Å². The zero-order chi connectivity index (χ0) is 72.2. The van der Waals surface area contributed by atoms with E-state index in [4.69, 9.17) is 0 Å². The Labute approximate surface area is 636 Å². The molecule has 15 aromatic carbocycles. The number of nitrogens with zero attached hydrogens (tertiary/aromatic N) is 5. The van der Waals surface area contributed by atoms with E-state index >= 15 is 0 Å². The van der Waals surface area contributed by atoms with E-state index in [0.29, 0.717) is 0 Å². The first-order valence-corrected chi connectivity index (χ1v) is 39.1. The predicted octanol–water partition coefficient (Wildman–Crippen LogP) is 21.1. The summed E-state index contributed by atoms with van der Waals surface area (Å²) in [5, 5.41) is 2.59. The molecular weight excluding hydrogens is 1320 g/mol. The molecule has 25 rings (SSSR count). The van der Waals surface area contributed by atoms with Crippen LogP contribution >= 0.6 is 0 Å². The minimum Gasteiger partial charge on any atom is -0.311 e.